The fourth-order valence-electron chi connectivity index (χ4n) is 2.85. The van der Waals surface area contributed by atoms with Crippen LogP contribution in [0.5, 0.6) is 0 Å². The van der Waals surface area contributed by atoms with Crippen LogP contribution in [-0.2, 0) is 11.2 Å². The van der Waals surface area contributed by atoms with E-state index in [1.54, 1.807) is 0 Å². The zero-order valence-corrected chi connectivity index (χ0v) is 14.9. The number of ether oxygens (including phenoxy) is 1. The van der Waals surface area contributed by atoms with Crippen molar-refractivity contribution in [3.05, 3.63) is 17.8 Å². The van der Waals surface area contributed by atoms with Gasteiger partial charge in [0.05, 0.1) is 5.69 Å². The molecule has 0 bridgehead atoms. The van der Waals surface area contributed by atoms with E-state index in [2.05, 4.69) is 15.3 Å². The number of halogens is 1. The van der Waals surface area contributed by atoms with E-state index in [-0.39, 0.29) is 11.9 Å². The van der Waals surface area contributed by atoms with E-state index in [4.69, 9.17) is 4.74 Å². The summed E-state index contributed by atoms with van der Waals surface area (Å²) in [4.78, 5) is 21.9. The van der Waals surface area contributed by atoms with Gasteiger partial charge in [0.15, 0.2) is 11.6 Å². The molecule has 1 unspecified atom stereocenters. The minimum atomic E-state index is -0.537. The molecule has 7 heteroatoms. The minimum absolute atomic E-state index is 0.000347. The Bertz CT molecular complexity index is 574. The Morgan fingerprint density at radius 3 is 2.83 bits per heavy atom. The van der Waals surface area contributed by atoms with Crippen molar-refractivity contribution in [1.82, 2.24) is 15.3 Å². The van der Waals surface area contributed by atoms with Crippen LogP contribution < -0.4 is 10.2 Å². The maximum absolute atomic E-state index is 14.6. The van der Waals surface area contributed by atoms with Gasteiger partial charge in [-0.25, -0.2) is 19.2 Å². The number of nitrogens with zero attached hydrogens (tertiary/aromatic N) is 3. The summed E-state index contributed by atoms with van der Waals surface area (Å²) < 4.78 is 19.8. The van der Waals surface area contributed by atoms with Crippen LogP contribution in [0.1, 0.15) is 52.7 Å². The van der Waals surface area contributed by atoms with Gasteiger partial charge < -0.3 is 15.0 Å². The third kappa shape index (κ3) is 4.79. The highest BCUT2D eigenvalue weighted by atomic mass is 19.1. The Balaban J connectivity index is 2.07. The van der Waals surface area contributed by atoms with Gasteiger partial charge >= 0.3 is 6.09 Å². The summed E-state index contributed by atoms with van der Waals surface area (Å²) in [6, 6.07) is 0.000347. The van der Waals surface area contributed by atoms with Crippen LogP contribution in [0, 0.1) is 5.82 Å². The molecule has 1 aromatic rings. The number of anilines is 1. The minimum Gasteiger partial charge on any atom is -0.444 e. The van der Waals surface area contributed by atoms with E-state index in [9.17, 15) is 9.18 Å². The average Bonchev–Trinajstić information content (AvgIpc) is 2.52. The highest BCUT2D eigenvalue weighted by Crippen LogP contribution is 2.26. The summed E-state index contributed by atoms with van der Waals surface area (Å²) in [6.07, 6.45) is 4.38. The van der Waals surface area contributed by atoms with E-state index in [0.29, 0.717) is 24.5 Å². The first-order valence-electron chi connectivity index (χ1n) is 8.54. The topological polar surface area (TPSA) is 67.4 Å². The molecule has 1 fully saturated rings. The van der Waals surface area contributed by atoms with E-state index in [1.165, 1.54) is 6.33 Å². The molecule has 0 spiro atoms. The molecule has 1 saturated heterocycles. The van der Waals surface area contributed by atoms with Crippen LogP contribution in [0.3, 0.4) is 0 Å². The molecular weight excluding hydrogens is 311 g/mol. The zero-order valence-electron chi connectivity index (χ0n) is 14.9. The first-order chi connectivity index (χ1) is 11.3. The Kier molecular flexibility index (Phi) is 5.96. The van der Waals surface area contributed by atoms with E-state index in [1.807, 2.05) is 32.6 Å². The number of hydrogen-bond donors (Lipinski definition) is 1. The molecular formula is C17H27FN4O2. The number of rotatable bonds is 4. The summed E-state index contributed by atoms with van der Waals surface area (Å²) in [6.45, 7) is 8.45. The fraction of sp³-hybridized carbons (Fsp3) is 0.706. The Labute approximate surface area is 142 Å². The molecule has 6 nitrogen and oxygen atoms in total. The lowest BCUT2D eigenvalue weighted by molar-refractivity contribution is 0.0523. The number of hydrogen-bond acceptors (Lipinski definition) is 5. The normalized spacial score (nSPS) is 18.4. The standard InChI is InChI=1S/C17H27FN4O2/c1-5-13-14(18)15(21-11-20-13)22-9-7-6-8-12(22)10-19-16(23)24-17(2,3)4/h11-12H,5-10H2,1-4H3,(H,19,23). The van der Waals surface area contributed by atoms with Gasteiger partial charge in [-0.3, -0.25) is 0 Å². The van der Waals surface area contributed by atoms with E-state index < -0.39 is 11.7 Å². The van der Waals surface area contributed by atoms with Gasteiger partial charge in [-0.15, -0.1) is 0 Å². The highest BCUT2D eigenvalue weighted by molar-refractivity contribution is 5.67. The SMILES string of the molecule is CCc1ncnc(N2CCCCC2CNC(=O)OC(C)(C)C)c1F. The van der Waals surface area contributed by atoms with Crippen molar-refractivity contribution in [1.29, 1.82) is 0 Å². The molecule has 1 aliphatic rings. The third-order valence-corrected chi connectivity index (χ3v) is 3.96. The van der Waals surface area contributed by atoms with Crippen molar-refractivity contribution in [2.75, 3.05) is 18.0 Å². The molecule has 134 valence electrons. The monoisotopic (exact) mass is 338 g/mol. The molecule has 2 rings (SSSR count). The Morgan fingerprint density at radius 1 is 1.42 bits per heavy atom. The number of alkyl carbamates (subject to hydrolysis) is 1. The molecule has 24 heavy (non-hydrogen) atoms. The number of nitrogens with one attached hydrogen (secondary N) is 1. The van der Waals surface area contributed by atoms with Gasteiger partial charge in [0, 0.05) is 19.1 Å². The first kappa shape index (κ1) is 18.4. The van der Waals surface area contributed by atoms with Gasteiger partial charge in [0.25, 0.3) is 0 Å². The summed E-state index contributed by atoms with van der Waals surface area (Å²) in [5.74, 6) is -0.0262. The molecule has 1 N–H and O–H groups in total. The molecule has 0 aromatic carbocycles. The van der Waals surface area contributed by atoms with Gasteiger partial charge in [-0.05, 0) is 46.5 Å². The highest BCUT2D eigenvalue weighted by Gasteiger charge is 2.28. The third-order valence-electron chi connectivity index (χ3n) is 3.96. The fourth-order valence-corrected chi connectivity index (χ4v) is 2.85. The van der Waals surface area contributed by atoms with Gasteiger partial charge in [-0.2, -0.15) is 0 Å². The van der Waals surface area contributed by atoms with Crippen molar-refractivity contribution < 1.29 is 13.9 Å². The largest absolute Gasteiger partial charge is 0.444 e. The predicted molar refractivity (Wildman–Crippen MR) is 90.6 cm³/mol. The quantitative estimate of drug-likeness (QED) is 0.914. The molecule has 0 saturated carbocycles. The number of amides is 1. The lowest BCUT2D eigenvalue weighted by atomic mass is 10.0. The van der Waals surface area contributed by atoms with Gasteiger partial charge in [0.2, 0.25) is 0 Å². The van der Waals surface area contributed by atoms with Crippen LogP contribution in [0.15, 0.2) is 6.33 Å². The Morgan fingerprint density at radius 2 is 2.17 bits per heavy atom. The summed E-state index contributed by atoms with van der Waals surface area (Å²) in [7, 11) is 0. The van der Waals surface area contributed by atoms with Crippen molar-refractivity contribution in [3.63, 3.8) is 0 Å². The van der Waals surface area contributed by atoms with Crippen LogP contribution in [0.4, 0.5) is 15.0 Å². The van der Waals surface area contributed by atoms with E-state index in [0.717, 1.165) is 25.8 Å². The molecule has 1 aromatic heterocycles. The van der Waals surface area contributed by atoms with Crippen LogP contribution in [-0.4, -0.2) is 40.8 Å². The van der Waals surface area contributed by atoms with E-state index >= 15 is 0 Å². The van der Waals surface area contributed by atoms with Crippen LogP contribution in [0.25, 0.3) is 0 Å². The molecule has 0 aliphatic carbocycles. The molecule has 1 aliphatic heterocycles. The second-order valence-corrected chi connectivity index (χ2v) is 7.04. The second kappa shape index (κ2) is 7.77. The molecule has 2 heterocycles. The summed E-state index contributed by atoms with van der Waals surface area (Å²) in [5, 5.41) is 2.79. The van der Waals surface area contributed by atoms with Crippen molar-refractivity contribution in [2.24, 2.45) is 0 Å². The summed E-state index contributed by atoms with van der Waals surface area (Å²) in [5.41, 5.74) is -0.116. The number of piperidine rings is 1. The average molecular weight is 338 g/mol. The maximum atomic E-state index is 14.6. The van der Waals surface area contributed by atoms with Crippen molar-refractivity contribution >= 4 is 11.9 Å². The Hall–Kier alpha value is -1.92. The lowest BCUT2D eigenvalue weighted by Crippen LogP contribution is -2.48. The van der Waals surface area contributed by atoms with Crippen LogP contribution >= 0.6 is 0 Å². The molecule has 1 amide bonds. The second-order valence-electron chi connectivity index (χ2n) is 7.04. The van der Waals surface area contributed by atoms with Gasteiger partial charge in [-0.1, -0.05) is 6.92 Å². The van der Waals surface area contributed by atoms with Crippen LogP contribution in [0.2, 0.25) is 0 Å². The summed E-state index contributed by atoms with van der Waals surface area (Å²) >= 11 is 0. The molecule has 0 radical (unpaired) electrons. The number of aryl methyl sites for hydroxylation is 1. The predicted octanol–water partition coefficient (Wildman–Crippen LogP) is 3.06. The van der Waals surface area contributed by atoms with Gasteiger partial charge in [0.1, 0.15) is 11.9 Å². The lowest BCUT2D eigenvalue weighted by Gasteiger charge is -2.37. The smallest absolute Gasteiger partial charge is 0.407 e. The number of aromatic nitrogens is 2. The number of carbonyl (C=O) groups is 1. The van der Waals surface area contributed by atoms with Crippen molar-refractivity contribution in [3.8, 4) is 0 Å². The zero-order chi connectivity index (χ0) is 17.7. The maximum Gasteiger partial charge on any atom is 0.407 e. The molecule has 1 atom stereocenters. The first-order valence-corrected chi connectivity index (χ1v) is 8.54. The number of carbonyl (C=O) groups excluding carboxylic acids is 1. The van der Waals surface area contributed by atoms with Crippen molar-refractivity contribution in [2.45, 2.75) is 65.0 Å².